The van der Waals surface area contributed by atoms with Gasteiger partial charge in [-0.3, -0.25) is 9.69 Å². The number of carbonyl (C=O) groups excluding carboxylic acids is 1. The van der Waals surface area contributed by atoms with Gasteiger partial charge in [0.15, 0.2) is 6.23 Å². The molecular weight excluding hydrogens is 570 g/mol. The molecule has 0 spiro atoms. The number of hydrogen-bond acceptors (Lipinski definition) is 4. The standard InChI is InChI=1S/C41H83NO4/c1-3-5-7-9-11-13-15-17-18-19-20-21-22-23-24-25-27-29-31-33-35-37-40(45)42(38-43)41(46)39(44)36-34-32-30-28-26-16-14-12-10-8-6-4-2/h39,41,43-44,46H,3-38H2,1-2H3. The molecule has 0 saturated carbocycles. The molecule has 0 heterocycles. The maximum atomic E-state index is 12.6. The molecule has 0 aliphatic heterocycles. The quantitative estimate of drug-likeness (QED) is 0.0457. The Morgan fingerprint density at radius 1 is 0.435 bits per heavy atom. The van der Waals surface area contributed by atoms with Crippen molar-refractivity contribution in [3.8, 4) is 0 Å². The van der Waals surface area contributed by atoms with Crippen LogP contribution in [0.4, 0.5) is 0 Å². The highest BCUT2D eigenvalue weighted by molar-refractivity contribution is 5.76. The van der Waals surface area contributed by atoms with Crippen LogP contribution in [0, 0.1) is 0 Å². The first-order valence-electron chi connectivity index (χ1n) is 20.8. The van der Waals surface area contributed by atoms with Gasteiger partial charge in [-0.2, -0.15) is 0 Å². The second kappa shape index (κ2) is 37.2. The Labute approximate surface area is 288 Å². The van der Waals surface area contributed by atoms with E-state index in [4.69, 9.17) is 0 Å². The van der Waals surface area contributed by atoms with E-state index in [9.17, 15) is 20.1 Å². The van der Waals surface area contributed by atoms with Crippen LogP contribution in [-0.4, -0.2) is 45.2 Å². The Morgan fingerprint density at radius 3 is 0.978 bits per heavy atom. The molecule has 0 fully saturated rings. The van der Waals surface area contributed by atoms with Gasteiger partial charge in [0.05, 0.1) is 6.10 Å². The van der Waals surface area contributed by atoms with Gasteiger partial charge in [-0.25, -0.2) is 0 Å². The van der Waals surface area contributed by atoms with Gasteiger partial charge in [-0.05, 0) is 12.8 Å². The number of aliphatic hydroxyl groups excluding tert-OH is 3. The normalized spacial score (nSPS) is 12.9. The molecule has 0 aliphatic carbocycles. The lowest BCUT2D eigenvalue weighted by atomic mass is 10.0. The summed E-state index contributed by atoms with van der Waals surface area (Å²) in [7, 11) is 0. The molecule has 0 saturated heterocycles. The number of amides is 1. The van der Waals surface area contributed by atoms with Gasteiger partial charge in [0.1, 0.15) is 6.73 Å². The number of unbranched alkanes of at least 4 members (excludes halogenated alkanes) is 31. The van der Waals surface area contributed by atoms with E-state index in [0.717, 1.165) is 43.4 Å². The van der Waals surface area contributed by atoms with Crippen LogP contribution >= 0.6 is 0 Å². The van der Waals surface area contributed by atoms with E-state index in [1.54, 1.807) is 0 Å². The van der Waals surface area contributed by atoms with Crippen LogP contribution in [0.15, 0.2) is 0 Å². The largest absolute Gasteiger partial charge is 0.388 e. The van der Waals surface area contributed by atoms with E-state index < -0.39 is 19.1 Å². The molecule has 276 valence electrons. The van der Waals surface area contributed by atoms with E-state index in [1.807, 2.05) is 0 Å². The molecule has 0 aliphatic rings. The first-order valence-corrected chi connectivity index (χ1v) is 20.8. The molecule has 5 heteroatoms. The molecule has 46 heavy (non-hydrogen) atoms. The van der Waals surface area contributed by atoms with Crippen molar-refractivity contribution in [3.63, 3.8) is 0 Å². The number of hydrogen-bond donors (Lipinski definition) is 3. The average molecular weight is 654 g/mol. The van der Waals surface area contributed by atoms with Gasteiger partial charge in [-0.1, -0.05) is 219 Å². The second-order valence-corrected chi connectivity index (χ2v) is 14.5. The molecule has 3 N–H and O–H groups in total. The Morgan fingerprint density at radius 2 is 0.696 bits per heavy atom. The monoisotopic (exact) mass is 654 g/mol. The Hall–Kier alpha value is -0.650. The van der Waals surface area contributed by atoms with Crippen LogP contribution in [-0.2, 0) is 4.79 Å². The summed E-state index contributed by atoms with van der Waals surface area (Å²) in [5.74, 6) is -0.262. The number of carbonyl (C=O) groups is 1. The van der Waals surface area contributed by atoms with Gasteiger partial charge in [-0.15, -0.1) is 0 Å². The zero-order valence-electron chi connectivity index (χ0n) is 31.3. The van der Waals surface area contributed by atoms with Gasteiger partial charge in [0, 0.05) is 6.42 Å². The molecule has 0 aromatic rings. The molecule has 0 bridgehead atoms. The fourth-order valence-electron chi connectivity index (χ4n) is 6.71. The van der Waals surface area contributed by atoms with Gasteiger partial charge in [0.25, 0.3) is 0 Å². The third kappa shape index (κ3) is 30.7. The lowest BCUT2D eigenvalue weighted by molar-refractivity contribution is -0.160. The lowest BCUT2D eigenvalue weighted by Gasteiger charge is -2.29. The molecule has 0 aromatic heterocycles. The van der Waals surface area contributed by atoms with E-state index in [1.165, 1.54) is 173 Å². The predicted molar refractivity (Wildman–Crippen MR) is 199 cm³/mol. The molecular formula is C41H83NO4. The highest BCUT2D eigenvalue weighted by atomic mass is 16.4. The first kappa shape index (κ1) is 45.3. The van der Waals surface area contributed by atoms with E-state index in [2.05, 4.69) is 13.8 Å². The minimum atomic E-state index is -1.32. The van der Waals surface area contributed by atoms with Gasteiger partial charge >= 0.3 is 0 Å². The molecule has 2 unspecified atom stereocenters. The highest BCUT2D eigenvalue weighted by Crippen LogP contribution is 2.18. The van der Waals surface area contributed by atoms with Crippen LogP contribution < -0.4 is 0 Å². The van der Waals surface area contributed by atoms with Crippen molar-refractivity contribution < 1.29 is 20.1 Å². The Kier molecular flexibility index (Phi) is 36.6. The predicted octanol–water partition coefficient (Wildman–Crippen LogP) is 12.1. The third-order valence-corrected chi connectivity index (χ3v) is 9.98. The minimum Gasteiger partial charge on any atom is -0.388 e. The van der Waals surface area contributed by atoms with Crippen molar-refractivity contribution in [2.75, 3.05) is 6.73 Å². The first-order chi connectivity index (χ1) is 22.6. The van der Waals surface area contributed by atoms with Crippen LogP contribution in [0.5, 0.6) is 0 Å². The molecule has 2 atom stereocenters. The van der Waals surface area contributed by atoms with Gasteiger partial charge < -0.3 is 15.3 Å². The van der Waals surface area contributed by atoms with Crippen LogP contribution in [0.1, 0.15) is 239 Å². The fourth-order valence-corrected chi connectivity index (χ4v) is 6.71. The van der Waals surface area contributed by atoms with Gasteiger partial charge in [0.2, 0.25) is 5.91 Å². The minimum absolute atomic E-state index is 0.262. The van der Waals surface area contributed by atoms with Crippen molar-refractivity contribution in [3.05, 3.63) is 0 Å². The summed E-state index contributed by atoms with van der Waals surface area (Å²) in [5, 5.41) is 30.6. The summed E-state index contributed by atoms with van der Waals surface area (Å²) >= 11 is 0. The van der Waals surface area contributed by atoms with Crippen molar-refractivity contribution in [1.29, 1.82) is 0 Å². The lowest BCUT2D eigenvalue weighted by Crippen LogP contribution is -2.47. The summed E-state index contributed by atoms with van der Waals surface area (Å²) < 4.78 is 0. The number of nitrogens with zero attached hydrogens (tertiary/aromatic N) is 1. The summed E-state index contributed by atoms with van der Waals surface area (Å²) in [6.07, 6.45) is 41.4. The van der Waals surface area contributed by atoms with Crippen molar-refractivity contribution >= 4 is 5.91 Å². The van der Waals surface area contributed by atoms with Crippen molar-refractivity contribution in [1.82, 2.24) is 4.90 Å². The maximum absolute atomic E-state index is 12.6. The molecule has 5 nitrogen and oxygen atoms in total. The van der Waals surface area contributed by atoms with Crippen molar-refractivity contribution in [2.24, 2.45) is 0 Å². The zero-order valence-corrected chi connectivity index (χ0v) is 31.3. The van der Waals surface area contributed by atoms with E-state index in [-0.39, 0.29) is 5.91 Å². The maximum Gasteiger partial charge on any atom is 0.226 e. The zero-order chi connectivity index (χ0) is 33.8. The topological polar surface area (TPSA) is 81.0 Å². The average Bonchev–Trinajstić information content (AvgIpc) is 3.06. The number of aliphatic hydroxyl groups is 3. The molecule has 0 radical (unpaired) electrons. The highest BCUT2D eigenvalue weighted by Gasteiger charge is 2.26. The van der Waals surface area contributed by atoms with E-state index >= 15 is 0 Å². The molecule has 0 rings (SSSR count). The fraction of sp³-hybridized carbons (Fsp3) is 0.976. The van der Waals surface area contributed by atoms with Crippen molar-refractivity contribution in [2.45, 2.75) is 251 Å². The Bertz CT molecular complexity index is 601. The Balaban J connectivity index is 3.58. The summed E-state index contributed by atoms with van der Waals surface area (Å²) in [5.41, 5.74) is 0. The SMILES string of the molecule is CCCCCCCCCCCCCCCCCCCCCCCC(=O)N(CO)C(O)C(O)CCCCCCCCCCCCCC. The molecule has 1 amide bonds. The van der Waals surface area contributed by atoms with Crippen LogP contribution in [0.3, 0.4) is 0 Å². The summed E-state index contributed by atoms with van der Waals surface area (Å²) in [6, 6.07) is 0. The smallest absolute Gasteiger partial charge is 0.226 e. The van der Waals surface area contributed by atoms with E-state index in [0.29, 0.717) is 12.8 Å². The summed E-state index contributed by atoms with van der Waals surface area (Å²) in [4.78, 5) is 13.6. The van der Waals surface area contributed by atoms with Crippen LogP contribution in [0.25, 0.3) is 0 Å². The number of rotatable bonds is 38. The van der Waals surface area contributed by atoms with Crippen LogP contribution in [0.2, 0.25) is 0 Å². The summed E-state index contributed by atoms with van der Waals surface area (Å²) in [6.45, 7) is 4.00. The second-order valence-electron chi connectivity index (χ2n) is 14.5. The third-order valence-electron chi connectivity index (χ3n) is 9.98. The molecule has 0 aromatic carbocycles.